The molecule has 3 aromatic rings. The first-order valence-electron chi connectivity index (χ1n) is 12.8. The number of benzene rings is 2. The average molecular weight is 537 g/mol. The largest absolute Gasteiger partial charge is 0.417 e. The molecule has 1 atom stereocenters. The summed E-state index contributed by atoms with van der Waals surface area (Å²) in [5.41, 5.74) is 1.81. The Morgan fingerprint density at radius 1 is 1.11 bits per heavy atom. The molecular formula is C28H32N4O5S. The normalized spacial score (nSPS) is 18.7. The lowest BCUT2D eigenvalue weighted by Gasteiger charge is -2.35. The summed E-state index contributed by atoms with van der Waals surface area (Å²) in [4.78, 5) is 24.0. The van der Waals surface area contributed by atoms with Gasteiger partial charge in [-0.15, -0.1) is 0 Å². The van der Waals surface area contributed by atoms with Gasteiger partial charge in [-0.2, -0.15) is 0 Å². The highest BCUT2D eigenvalue weighted by atomic mass is 32.2. The minimum atomic E-state index is -3.42. The van der Waals surface area contributed by atoms with E-state index in [0.29, 0.717) is 66.9 Å². The van der Waals surface area contributed by atoms with Gasteiger partial charge in [0.1, 0.15) is 16.3 Å². The van der Waals surface area contributed by atoms with Crippen LogP contribution in [0, 0.1) is 0 Å². The van der Waals surface area contributed by atoms with Crippen LogP contribution < -0.4 is 15.0 Å². The Morgan fingerprint density at radius 2 is 1.82 bits per heavy atom. The summed E-state index contributed by atoms with van der Waals surface area (Å²) in [6.45, 7) is 7.31. The molecule has 10 heteroatoms. The van der Waals surface area contributed by atoms with Crippen molar-refractivity contribution in [3.8, 4) is 17.1 Å². The molecule has 2 fully saturated rings. The van der Waals surface area contributed by atoms with E-state index in [1.165, 1.54) is 0 Å². The summed E-state index contributed by atoms with van der Waals surface area (Å²) in [6.07, 6.45) is 0.503. The predicted molar refractivity (Wildman–Crippen MR) is 146 cm³/mol. The summed E-state index contributed by atoms with van der Waals surface area (Å²) < 4.78 is 36.6. The maximum absolute atomic E-state index is 13.3. The van der Waals surface area contributed by atoms with Crippen molar-refractivity contribution in [2.24, 2.45) is 0 Å². The predicted octanol–water partition coefficient (Wildman–Crippen LogP) is 4.79. The van der Waals surface area contributed by atoms with Gasteiger partial charge in [-0.05, 0) is 70.0 Å². The third-order valence-corrected chi connectivity index (χ3v) is 10.0. The van der Waals surface area contributed by atoms with E-state index in [1.807, 2.05) is 12.1 Å². The smallest absolute Gasteiger partial charge is 0.410 e. The van der Waals surface area contributed by atoms with Gasteiger partial charge in [0, 0.05) is 23.9 Å². The number of nitrogens with zero attached hydrogens (tertiary/aromatic N) is 3. The summed E-state index contributed by atoms with van der Waals surface area (Å²) >= 11 is 0. The molecule has 0 bridgehead atoms. The highest BCUT2D eigenvalue weighted by Gasteiger charge is 2.58. The van der Waals surface area contributed by atoms with Crippen molar-refractivity contribution < 1.29 is 22.7 Å². The van der Waals surface area contributed by atoms with Crippen LogP contribution in [0.1, 0.15) is 39.3 Å². The topological polar surface area (TPSA) is 111 Å². The first-order valence-corrected chi connectivity index (χ1v) is 14.4. The Bertz CT molecular complexity index is 1410. The van der Waals surface area contributed by atoms with Crippen molar-refractivity contribution in [3.63, 3.8) is 0 Å². The SMILES string of the molecule is CC(C)S(=O)(=O)C1(c2cc(N3CCOC[C@@H]3C)nc(-c3ccc(NC(=O)Oc4ccccc4)cc3)n2)CC1. The van der Waals surface area contributed by atoms with Crippen LogP contribution in [0.3, 0.4) is 0 Å². The molecule has 1 amide bonds. The number of para-hydroxylation sites is 1. The first kappa shape index (κ1) is 26.1. The molecule has 2 heterocycles. The van der Waals surface area contributed by atoms with Crippen LogP contribution >= 0.6 is 0 Å². The van der Waals surface area contributed by atoms with Crippen molar-refractivity contribution in [1.82, 2.24) is 9.97 Å². The number of nitrogens with one attached hydrogen (secondary N) is 1. The number of anilines is 2. The third kappa shape index (κ3) is 5.10. The number of carbonyl (C=O) groups is 1. The fraction of sp³-hybridized carbons (Fsp3) is 0.393. The molecule has 1 aliphatic carbocycles. The standard InChI is InChI=1S/C28H32N4O5S/c1-19(2)38(34,35)28(13-14-28)24-17-25(32-15-16-36-18-20(32)3)31-26(30-24)21-9-11-22(12-10-21)29-27(33)37-23-7-5-4-6-8-23/h4-12,17,19-20H,13-16,18H2,1-3H3,(H,29,33)/t20-/m0/s1. The number of amides is 1. The minimum absolute atomic E-state index is 0.0958. The van der Waals surface area contributed by atoms with E-state index in [9.17, 15) is 13.2 Å². The molecule has 200 valence electrons. The summed E-state index contributed by atoms with van der Waals surface area (Å²) in [5, 5.41) is 2.21. The highest BCUT2D eigenvalue weighted by Crippen LogP contribution is 2.54. The van der Waals surface area contributed by atoms with E-state index >= 15 is 0 Å². The van der Waals surface area contributed by atoms with Crippen LogP contribution in [-0.2, 0) is 19.3 Å². The third-order valence-electron chi connectivity index (χ3n) is 7.05. The van der Waals surface area contributed by atoms with E-state index < -0.39 is 25.9 Å². The number of rotatable bonds is 7. The second-order valence-electron chi connectivity index (χ2n) is 10.0. The Morgan fingerprint density at radius 3 is 2.45 bits per heavy atom. The van der Waals surface area contributed by atoms with Gasteiger partial charge in [0.25, 0.3) is 0 Å². The minimum Gasteiger partial charge on any atom is -0.410 e. The summed E-state index contributed by atoms with van der Waals surface area (Å²) in [7, 11) is -3.42. The molecule has 1 aliphatic heterocycles. The Hall–Kier alpha value is -3.50. The van der Waals surface area contributed by atoms with Gasteiger partial charge in [0.05, 0.1) is 30.2 Å². The molecule has 0 radical (unpaired) electrons. The Balaban J connectivity index is 1.45. The Labute approximate surface area is 223 Å². The van der Waals surface area contributed by atoms with Crippen LogP contribution in [0.2, 0.25) is 0 Å². The molecule has 1 saturated heterocycles. The van der Waals surface area contributed by atoms with Gasteiger partial charge in [0.2, 0.25) is 0 Å². The van der Waals surface area contributed by atoms with Crippen molar-refractivity contribution in [2.75, 3.05) is 30.0 Å². The molecule has 9 nitrogen and oxygen atoms in total. The van der Waals surface area contributed by atoms with Crippen LogP contribution in [0.4, 0.5) is 16.3 Å². The zero-order valence-electron chi connectivity index (χ0n) is 21.8. The van der Waals surface area contributed by atoms with Gasteiger partial charge in [-0.25, -0.2) is 23.2 Å². The molecule has 1 N–H and O–H groups in total. The van der Waals surface area contributed by atoms with Crippen LogP contribution in [-0.4, -0.2) is 55.5 Å². The van der Waals surface area contributed by atoms with E-state index in [0.717, 1.165) is 0 Å². The van der Waals surface area contributed by atoms with Crippen molar-refractivity contribution in [2.45, 2.75) is 49.7 Å². The van der Waals surface area contributed by atoms with Crippen molar-refractivity contribution in [3.05, 3.63) is 66.4 Å². The number of hydrogen-bond acceptors (Lipinski definition) is 8. The number of ether oxygens (including phenoxy) is 2. The average Bonchev–Trinajstić information content (AvgIpc) is 3.72. The number of morpholine rings is 1. The fourth-order valence-corrected chi connectivity index (χ4v) is 6.67. The lowest BCUT2D eigenvalue weighted by molar-refractivity contribution is 0.0985. The van der Waals surface area contributed by atoms with Gasteiger partial charge < -0.3 is 14.4 Å². The molecule has 5 rings (SSSR count). The van der Waals surface area contributed by atoms with Crippen molar-refractivity contribution in [1.29, 1.82) is 0 Å². The Kier molecular flexibility index (Phi) is 7.11. The van der Waals surface area contributed by atoms with Crippen LogP contribution in [0.15, 0.2) is 60.7 Å². The van der Waals surface area contributed by atoms with Gasteiger partial charge in [-0.3, -0.25) is 5.32 Å². The molecular weight excluding hydrogens is 504 g/mol. The first-order chi connectivity index (χ1) is 18.2. The molecule has 0 unspecified atom stereocenters. The molecule has 2 aliphatic rings. The van der Waals surface area contributed by atoms with E-state index in [2.05, 4.69) is 17.1 Å². The zero-order valence-corrected chi connectivity index (χ0v) is 22.6. The second-order valence-corrected chi connectivity index (χ2v) is 12.9. The maximum Gasteiger partial charge on any atom is 0.417 e. The zero-order chi connectivity index (χ0) is 26.9. The fourth-order valence-electron chi connectivity index (χ4n) is 4.70. The van der Waals surface area contributed by atoms with Crippen LogP contribution in [0.25, 0.3) is 11.4 Å². The molecule has 2 aromatic carbocycles. The molecule has 38 heavy (non-hydrogen) atoms. The maximum atomic E-state index is 13.3. The highest BCUT2D eigenvalue weighted by molar-refractivity contribution is 7.93. The van der Waals surface area contributed by atoms with Crippen molar-refractivity contribution >= 4 is 27.4 Å². The second kappa shape index (κ2) is 10.3. The van der Waals surface area contributed by atoms with E-state index in [-0.39, 0.29) is 6.04 Å². The lowest BCUT2D eigenvalue weighted by Crippen LogP contribution is -2.44. The molecule has 0 spiro atoms. The summed E-state index contributed by atoms with van der Waals surface area (Å²) in [5.74, 6) is 1.58. The summed E-state index contributed by atoms with van der Waals surface area (Å²) in [6, 6.07) is 17.9. The van der Waals surface area contributed by atoms with Gasteiger partial charge in [0.15, 0.2) is 15.7 Å². The number of hydrogen-bond donors (Lipinski definition) is 1. The van der Waals surface area contributed by atoms with Gasteiger partial charge in [-0.1, -0.05) is 18.2 Å². The molecule has 1 aromatic heterocycles. The lowest BCUT2D eigenvalue weighted by atomic mass is 10.1. The van der Waals surface area contributed by atoms with E-state index in [1.54, 1.807) is 62.4 Å². The molecule has 1 saturated carbocycles. The number of sulfone groups is 1. The quantitative estimate of drug-likeness (QED) is 0.459. The number of aromatic nitrogens is 2. The van der Waals surface area contributed by atoms with Gasteiger partial charge >= 0.3 is 6.09 Å². The monoisotopic (exact) mass is 536 g/mol. The number of carbonyl (C=O) groups excluding carboxylic acids is 1. The van der Waals surface area contributed by atoms with Crippen LogP contribution in [0.5, 0.6) is 5.75 Å². The van der Waals surface area contributed by atoms with E-state index in [4.69, 9.17) is 19.4 Å².